The fourth-order valence-corrected chi connectivity index (χ4v) is 2.41. The summed E-state index contributed by atoms with van der Waals surface area (Å²) in [5, 5.41) is 1.12. The maximum absolute atomic E-state index is 12.0. The number of rotatable bonds is 2. The Hall–Kier alpha value is -1.61. The maximum atomic E-state index is 12.0. The highest BCUT2D eigenvalue weighted by atomic mass is 16.1. The predicted molar refractivity (Wildman–Crippen MR) is 80.8 cm³/mol. The van der Waals surface area contributed by atoms with E-state index in [-0.39, 0.29) is 11.0 Å². The van der Waals surface area contributed by atoms with Crippen LogP contribution in [-0.2, 0) is 11.8 Å². The smallest absolute Gasteiger partial charge is 0.251 e. The van der Waals surface area contributed by atoms with Crippen molar-refractivity contribution in [2.24, 2.45) is 5.73 Å². The van der Waals surface area contributed by atoms with Crippen molar-refractivity contribution in [1.29, 1.82) is 0 Å². The lowest BCUT2D eigenvalue weighted by atomic mass is 9.85. The van der Waals surface area contributed by atoms with Gasteiger partial charge in [0.2, 0.25) is 0 Å². The zero-order valence-corrected chi connectivity index (χ0v) is 12.1. The van der Waals surface area contributed by atoms with Gasteiger partial charge in [-0.2, -0.15) is 0 Å². The van der Waals surface area contributed by atoms with Gasteiger partial charge in [-0.1, -0.05) is 26.8 Å². The molecule has 0 fully saturated rings. The number of nitrogens with two attached hydrogens (primary N) is 1. The molecule has 1 heterocycles. The molecule has 3 N–H and O–H groups in total. The van der Waals surface area contributed by atoms with E-state index in [1.807, 2.05) is 13.0 Å². The number of H-pyrrole nitrogens is 1. The number of aromatic amines is 1. The van der Waals surface area contributed by atoms with Crippen molar-refractivity contribution in [3.63, 3.8) is 0 Å². The van der Waals surface area contributed by atoms with E-state index in [9.17, 15) is 4.79 Å². The standard InChI is InChI=1S/C16H22N2O/c1-10-12(7-8-17)15(19)18-14-6-5-11(9-13(10)14)16(2,3)4/h5-6,9H,7-8,17H2,1-4H3,(H,18,19). The van der Waals surface area contributed by atoms with Crippen LogP contribution in [0.2, 0.25) is 0 Å². The number of hydrogen-bond acceptors (Lipinski definition) is 2. The Kier molecular flexibility index (Phi) is 3.50. The molecule has 0 amide bonds. The lowest BCUT2D eigenvalue weighted by Crippen LogP contribution is -2.19. The number of benzene rings is 1. The molecule has 0 radical (unpaired) electrons. The first-order valence-electron chi connectivity index (χ1n) is 6.70. The molecule has 19 heavy (non-hydrogen) atoms. The topological polar surface area (TPSA) is 58.9 Å². The summed E-state index contributed by atoms with van der Waals surface area (Å²) in [6, 6.07) is 6.26. The second kappa shape index (κ2) is 4.82. The van der Waals surface area contributed by atoms with Gasteiger partial charge >= 0.3 is 0 Å². The first-order valence-corrected chi connectivity index (χ1v) is 6.70. The number of nitrogens with one attached hydrogen (secondary N) is 1. The summed E-state index contributed by atoms with van der Waals surface area (Å²) >= 11 is 0. The van der Waals surface area contributed by atoms with Crippen LogP contribution in [0.5, 0.6) is 0 Å². The molecule has 1 aromatic heterocycles. The average molecular weight is 258 g/mol. The number of fused-ring (bicyclic) bond motifs is 1. The lowest BCUT2D eigenvalue weighted by Gasteiger charge is -2.20. The molecule has 1 aromatic carbocycles. The molecule has 0 aliphatic carbocycles. The molecule has 0 saturated carbocycles. The SMILES string of the molecule is Cc1c(CCN)c(=O)[nH]c2ccc(C(C)(C)C)cc12. The number of pyridine rings is 1. The van der Waals surface area contributed by atoms with Gasteiger partial charge < -0.3 is 10.7 Å². The van der Waals surface area contributed by atoms with Gasteiger partial charge in [0.15, 0.2) is 0 Å². The van der Waals surface area contributed by atoms with Crippen molar-refractivity contribution >= 4 is 10.9 Å². The fourth-order valence-electron chi connectivity index (χ4n) is 2.41. The van der Waals surface area contributed by atoms with Crippen molar-refractivity contribution < 1.29 is 0 Å². The third kappa shape index (κ3) is 2.56. The number of aromatic nitrogens is 1. The maximum Gasteiger partial charge on any atom is 0.251 e. The van der Waals surface area contributed by atoms with Gasteiger partial charge in [0.25, 0.3) is 5.56 Å². The van der Waals surface area contributed by atoms with Crippen molar-refractivity contribution in [2.45, 2.75) is 39.5 Å². The zero-order chi connectivity index (χ0) is 14.2. The molecule has 2 rings (SSSR count). The molecular weight excluding hydrogens is 236 g/mol. The Morgan fingerprint density at radius 1 is 1.26 bits per heavy atom. The monoisotopic (exact) mass is 258 g/mol. The van der Waals surface area contributed by atoms with Crippen LogP contribution in [0, 0.1) is 6.92 Å². The van der Waals surface area contributed by atoms with E-state index in [0.29, 0.717) is 13.0 Å². The third-order valence-electron chi connectivity index (χ3n) is 3.66. The third-order valence-corrected chi connectivity index (χ3v) is 3.66. The Bertz CT molecular complexity index is 663. The Morgan fingerprint density at radius 3 is 2.53 bits per heavy atom. The van der Waals surface area contributed by atoms with Gasteiger partial charge in [-0.25, -0.2) is 0 Å². The Labute approximate surface area is 113 Å². The molecular formula is C16H22N2O. The molecule has 0 aliphatic rings. The van der Waals surface area contributed by atoms with Crippen LogP contribution >= 0.6 is 0 Å². The molecule has 0 spiro atoms. The largest absolute Gasteiger partial charge is 0.330 e. The molecule has 0 aliphatic heterocycles. The molecule has 3 nitrogen and oxygen atoms in total. The summed E-state index contributed by atoms with van der Waals surface area (Å²) in [6.07, 6.45) is 0.622. The van der Waals surface area contributed by atoms with Crippen LogP contribution < -0.4 is 11.3 Å². The average Bonchev–Trinajstić information content (AvgIpc) is 2.33. The van der Waals surface area contributed by atoms with Gasteiger partial charge in [-0.3, -0.25) is 4.79 Å². The molecule has 0 bridgehead atoms. The zero-order valence-electron chi connectivity index (χ0n) is 12.1. The van der Waals surface area contributed by atoms with Crippen LogP contribution in [0.4, 0.5) is 0 Å². The summed E-state index contributed by atoms with van der Waals surface area (Å²) < 4.78 is 0. The van der Waals surface area contributed by atoms with Crippen molar-refractivity contribution in [3.05, 3.63) is 45.2 Å². The summed E-state index contributed by atoms with van der Waals surface area (Å²) in [5.41, 5.74) is 9.71. The normalized spacial score (nSPS) is 12.1. The van der Waals surface area contributed by atoms with E-state index in [1.165, 1.54) is 5.56 Å². The van der Waals surface area contributed by atoms with Gasteiger partial charge in [0.05, 0.1) is 0 Å². The highest BCUT2D eigenvalue weighted by molar-refractivity contribution is 5.83. The first kappa shape index (κ1) is 13.8. The van der Waals surface area contributed by atoms with E-state index in [4.69, 9.17) is 5.73 Å². The minimum Gasteiger partial charge on any atom is -0.330 e. The lowest BCUT2D eigenvalue weighted by molar-refractivity contribution is 0.591. The van der Waals surface area contributed by atoms with E-state index < -0.39 is 0 Å². The van der Waals surface area contributed by atoms with Gasteiger partial charge in [0, 0.05) is 16.5 Å². The summed E-state index contributed by atoms with van der Waals surface area (Å²) in [5.74, 6) is 0. The Morgan fingerprint density at radius 2 is 1.95 bits per heavy atom. The second-order valence-electron chi connectivity index (χ2n) is 6.11. The Balaban J connectivity index is 2.74. The van der Waals surface area contributed by atoms with E-state index in [1.54, 1.807) is 0 Å². The number of hydrogen-bond donors (Lipinski definition) is 2. The van der Waals surface area contributed by atoms with Crippen LogP contribution in [0.3, 0.4) is 0 Å². The molecule has 102 valence electrons. The van der Waals surface area contributed by atoms with Crippen LogP contribution in [0.1, 0.15) is 37.5 Å². The van der Waals surface area contributed by atoms with Gasteiger partial charge in [-0.05, 0) is 48.6 Å². The minimum absolute atomic E-state index is 0.0149. The summed E-state index contributed by atoms with van der Waals surface area (Å²) in [6.45, 7) is 9.07. The highest BCUT2D eigenvalue weighted by Crippen LogP contribution is 2.27. The van der Waals surface area contributed by atoms with Gasteiger partial charge in [0.1, 0.15) is 0 Å². The highest BCUT2D eigenvalue weighted by Gasteiger charge is 2.15. The molecule has 3 heteroatoms. The molecule has 2 aromatic rings. The quantitative estimate of drug-likeness (QED) is 0.870. The van der Waals surface area contributed by atoms with E-state index >= 15 is 0 Å². The molecule has 0 atom stereocenters. The van der Waals surface area contributed by atoms with Gasteiger partial charge in [-0.15, -0.1) is 0 Å². The second-order valence-corrected chi connectivity index (χ2v) is 6.11. The summed E-state index contributed by atoms with van der Waals surface area (Å²) in [4.78, 5) is 15.0. The van der Waals surface area contributed by atoms with Crippen LogP contribution in [-0.4, -0.2) is 11.5 Å². The summed E-state index contributed by atoms with van der Waals surface area (Å²) in [7, 11) is 0. The van der Waals surface area contributed by atoms with Crippen molar-refractivity contribution in [2.75, 3.05) is 6.54 Å². The van der Waals surface area contributed by atoms with Crippen LogP contribution in [0.25, 0.3) is 10.9 Å². The van der Waals surface area contributed by atoms with Crippen LogP contribution in [0.15, 0.2) is 23.0 Å². The molecule has 0 unspecified atom stereocenters. The fraction of sp³-hybridized carbons (Fsp3) is 0.438. The van der Waals surface area contributed by atoms with E-state index in [0.717, 1.165) is 22.0 Å². The van der Waals surface area contributed by atoms with E-state index in [2.05, 4.69) is 37.9 Å². The minimum atomic E-state index is -0.0149. The first-order chi connectivity index (χ1) is 8.84. The molecule has 0 saturated heterocycles. The number of aryl methyl sites for hydroxylation is 1. The van der Waals surface area contributed by atoms with Crippen molar-refractivity contribution in [1.82, 2.24) is 4.98 Å². The van der Waals surface area contributed by atoms with Crippen molar-refractivity contribution in [3.8, 4) is 0 Å². The predicted octanol–water partition coefficient (Wildman–Crippen LogP) is 2.64.